The van der Waals surface area contributed by atoms with Gasteiger partial charge in [-0.15, -0.1) is 0 Å². The van der Waals surface area contributed by atoms with Crippen LogP contribution < -0.4 is 10.2 Å². The van der Waals surface area contributed by atoms with Crippen LogP contribution in [0, 0.1) is 15.9 Å². The number of nitro groups is 1. The summed E-state index contributed by atoms with van der Waals surface area (Å²) in [6.45, 7) is 1.88. The lowest BCUT2D eigenvalue weighted by Gasteiger charge is -2.30. The summed E-state index contributed by atoms with van der Waals surface area (Å²) >= 11 is 0. The summed E-state index contributed by atoms with van der Waals surface area (Å²) in [7, 11) is 0. The van der Waals surface area contributed by atoms with E-state index in [9.17, 15) is 19.3 Å². The lowest BCUT2D eigenvalue weighted by molar-refractivity contribution is -0.384. The number of rotatable bonds is 5. The summed E-state index contributed by atoms with van der Waals surface area (Å²) in [5, 5.41) is 13.9. The highest BCUT2D eigenvalue weighted by molar-refractivity contribution is 6.00. The van der Waals surface area contributed by atoms with Gasteiger partial charge in [-0.05, 0) is 43.0 Å². The van der Waals surface area contributed by atoms with E-state index in [4.69, 9.17) is 0 Å². The molecule has 1 N–H and O–H groups in total. The van der Waals surface area contributed by atoms with E-state index in [1.54, 1.807) is 18.2 Å². The summed E-state index contributed by atoms with van der Waals surface area (Å²) in [5.41, 5.74) is 1.65. The number of carbonyl (C=O) groups is 1. The van der Waals surface area contributed by atoms with Crippen LogP contribution in [0.25, 0.3) is 0 Å². The monoisotopic (exact) mass is 357 g/mol. The number of piperidine rings is 1. The first-order chi connectivity index (χ1) is 12.5. The second kappa shape index (κ2) is 7.95. The maximum atomic E-state index is 13.0. The van der Waals surface area contributed by atoms with Gasteiger partial charge in [-0.1, -0.05) is 12.1 Å². The van der Waals surface area contributed by atoms with Crippen LogP contribution in [0.15, 0.2) is 42.5 Å². The Labute approximate surface area is 150 Å². The van der Waals surface area contributed by atoms with E-state index in [0.29, 0.717) is 11.3 Å². The third-order valence-electron chi connectivity index (χ3n) is 4.50. The first-order valence-corrected chi connectivity index (χ1v) is 8.60. The topological polar surface area (TPSA) is 75.5 Å². The SMILES string of the molecule is O=C(NCc1ccc(F)cc1)c1cc([N+](=O)[O-])ccc1N1CCCCC1. The van der Waals surface area contributed by atoms with Crippen LogP contribution in [0.1, 0.15) is 35.2 Å². The number of non-ortho nitro benzene ring substituents is 1. The molecule has 0 aliphatic carbocycles. The maximum absolute atomic E-state index is 13.0. The molecular weight excluding hydrogens is 337 g/mol. The molecule has 2 aromatic carbocycles. The Balaban J connectivity index is 1.82. The molecule has 0 spiro atoms. The summed E-state index contributed by atoms with van der Waals surface area (Å²) in [6.07, 6.45) is 3.22. The molecule has 1 fully saturated rings. The number of halogens is 1. The second-order valence-electron chi connectivity index (χ2n) is 6.32. The number of nitro benzene ring substituents is 1. The van der Waals surface area contributed by atoms with Crippen LogP contribution >= 0.6 is 0 Å². The number of hydrogen-bond donors (Lipinski definition) is 1. The van der Waals surface area contributed by atoms with Crippen molar-refractivity contribution in [2.24, 2.45) is 0 Å². The molecule has 0 saturated carbocycles. The highest BCUT2D eigenvalue weighted by atomic mass is 19.1. The van der Waals surface area contributed by atoms with E-state index in [2.05, 4.69) is 10.2 Å². The number of benzene rings is 2. The van der Waals surface area contributed by atoms with E-state index >= 15 is 0 Å². The summed E-state index contributed by atoms with van der Waals surface area (Å²) < 4.78 is 13.0. The second-order valence-corrected chi connectivity index (χ2v) is 6.32. The Kier molecular flexibility index (Phi) is 5.46. The van der Waals surface area contributed by atoms with Gasteiger partial charge in [0.25, 0.3) is 11.6 Å². The molecule has 6 nitrogen and oxygen atoms in total. The van der Waals surface area contributed by atoms with Gasteiger partial charge in [-0.2, -0.15) is 0 Å². The van der Waals surface area contributed by atoms with Crippen molar-refractivity contribution in [3.8, 4) is 0 Å². The molecule has 0 bridgehead atoms. The molecule has 1 saturated heterocycles. The van der Waals surface area contributed by atoms with Gasteiger partial charge in [-0.25, -0.2) is 4.39 Å². The smallest absolute Gasteiger partial charge is 0.270 e. The predicted octanol–water partition coefficient (Wildman–Crippen LogP) is 3.65. The molecule has 1 amide bonds. The van der Waals surface area contributed by atoms with Crippen LogP contribution in [0.3, 0.4) is 0 Å². The molecule has 1 aliphatic heterocycles. The van der Waals surface area contributed by atoms with Gasteiger partial charge in [0.1, 0.15) is 5.82 Å². The van der Waals surface area contributed by atoms with Crippen LogP contribution in [-0.2, 0) is 6.54 Å². The first-order valence-electron chi connectivity index (χ1n) is 8.60. The largest absolute Gasteiger partial charge is 0.371 e. The molecular formula is C19H20FN3O3. The Bertz CT molecular complexity index is 802. The molecule has 3 rings (SSSR count). The standard InChI is InChI=1S/C19H20FN3O3/c20-15-6-4-14(5-7-15)13-21-19(24)17-12-16(23(25)26)8-9-18(17)22-10-2-1-3-11-22/h4-9,12H,1-3,10-11,13H2,(H,21,24). The normalized spacial score (nSPS) is 14.1. The zero-order valence-electron chi connectivity index (χ0n) is 14.3. The van der Waals surface area contributed by atoms with E-state index in [1.807, 2.05) is 0 Å². The lowest BCUT2D eigenvalue weighted by Crippen LogP contribution is -2.32. The highest BCUT2D eigenvalue weighted by Crippen LogP contribution is 2.28. The van der Waals surface area contributed by atoms with E-state index in [-0.39, 0.29) is 24.0 Å². The molecule has 136 valence electrons. The van der Waals surface area contributed by atoms with Crippen molar-refractivity contribution in [3.05, 3.63) is 69.5 Å². The van der Waals surface area contributed by atoms with E-state index < -0.39 is 4.92 Å². The molecule has 0 aromatic heterocycles. The van der Waals surface area contributed by atoms with Crippen molar-refractivity contribution in [3.63, 3.8) is 0 Å². The van der Waals surface area contributed by atoms with Crippen LogP contribution in [-0.4, -0.2) is 23.9 Å². The van der Waals surface area contributed by atoms with Crippen molar-refractivity contribution >= 4 is 17.3 Å². The minimum absolute atomic E-state index is 0.113. The average molecular weight is 357 g/mol. The Morgan fingerprint density at radius 2 is 1.81 bits per heavy atom. The number of hydrogen-bond acceptors (Lipinski definition) is 4. The zero-order chi connectivity index (χ0) is 18.5. The predicted molar refractivity (Wildman–Crippen MR) is 96.7 cm³/mol. The van der Waals surface area contributed by atoms with E-state index in [0.717, 1.165) is 37.9 Å². The van der Waals surface area contributed by atoms with Crippen LogP contribution in [0.2, 0.25) is 0 Å². The van der Waals surface area contributed by atoms with Gasteiger partial charge < -0.3 is 10.2 Å². The third kappa shape index (κ3) is 4.17. The minimum Gasteiger partial charge on any atom is -0.371 e. The number of nitrogens with one attached hydrogen (secondary N) is 1. The zero-order valence-corrected chi connectivity index (χ0v) is 14.3. The lowest BCUT2D eigenvalue weighted by atomic mass is 10.1. The van der Waals surface area contributed by atoms with Crippen molar-refractivity contribution in [1.29, 1.82) is 0 Å². The summed E-state index contributed by atoms with van der Waals surface area (Å²) in [5.74, 6) is -0.718. The molecule has 0 unspecified atom stereocenters. The summed E-state index contributed by atoms with van der Waals surface area (Å²) in [6, 6.07) is 10.2. The summed E-state index contributed by atoms with van der Waals surface area (Å²) in [4.78, 5) is 25.4. The van der Waals surface area contributed by atoms with Gasteiger partial charge in [0.15, 0.2) is 0 Å². The fourth-order valence-corrected chi connectivity index (χ4v) is 3.11. The van der Waals surface area contributed by atoms with E-state index in [1.165, 1.54) is 24.3 Å². The Morgan fingerprint density at radius 1 is 1.12 bits per heavy atom. The number of nitrogens with zero attached hydrogens (tertiary/aromatic N) is 2. The average Bonchev–Trinajstić information content (AvgIpc) is 2.67. The van der Waals surface area contributed by atoms with Gasteiger partial charge in [0, 0.05) is 31.8 Å². The molecule has 1 aliphatic rings. The van der Waals surface area contributed by atoms with Crippen molar-refractivity contribution < 1.29 is 14.1 Å². The van der Waals surface area contributed by atoms with Gasteiger partial charge in [0.2, 0.25) is 0 Å². The highest BCUT2D eigenvalue weighted by Gasteiger charge is 2.21. The first kappa shape index (κ1) is 17.8. The number of anilines is 1. The molecule has 26 heavy (non-hydrogen) atoms. The molecule has 0 radical (unpaired) electrons. The molecule has 2 aromatic rings. The van der Waals surface area contributed by atoms with Crippen LogP contribution in [0.4, 0.5) is 15.8 Å². The quantitative estimate of drug-likeness (QED) is 0.655. The number of amides is 1. The molecule has 1 heterocycles. The third-order valence-corrected chi connectivity index (χ3v) is 4.50. The molecule has 0 atom stereocenters. The number of carbonyl (C=O) groups excluding carboxylic acids is 1. The Hall–Kier alpha value is -2.96. The molecule has 7 heteroatoms. The fraction of sp³-hybridized carbons (Fsp3) is 0.316. The van der Waals surface area contributed by atoms with Gasteiger partial charge >= 0.3 is 0 Å². The minimum atomic E-state index is -0.503. The van der Waals surface area contributed by atoms with Crippen molar-refractivity contribution in [2.45, 2.75) is 25.8 Å². The fourth-order valence-electron chi connectivity index (χ4n) is 3.11. The van der Waals surface area contributed by atoms with Gasteiger partial charge in [0.05, 0.1) is 16.2 Å². The van der Waals surface area contributed by atoms with Crippen LogP contribution in [0.5, 0.6) is 0 Å². The van der Waals surface area contributed by atoms with Crippen molar-refractivity contribution in [2.75, 3.05) is 18.0 Å². The van der Waals surface area contributed by atoms with Gasteiger partial charge in [-0.3, -0.25) is 14.9 Å². The Morgan fingerprint density at radius 3 is 2.46 bits per heavy atom. The van der Waals surface area contributed by atoms with Crippen molar-refractivity contribution in [1.82, 2.24) is 5.32 Å². The maximum Gasteiger partial charge on any atom is 0.270 e.